The number of aliphatic hydroxyl groups is 3. The smallest absolute Gasteiger partial charge is 0.238 e. The summed E-state index contributed by atoms with van der Waals surface area (Å²) < 4.78 is 16.1. The van der Waals surface area contributed by atoms with Crippen molar-refractivity contribution in [2.75, 3.05) is 0 Å². The summed E-state index contributed by atoms with van der Waals surface area (Å²) in [6.07, 6.45) is -7.27. The Kier molecular flexibility index (Phi) is 5.46. The van der Waals surface area contributed by atoms with E-state index in [1.165, 1.54) is 13.0 Å². The SMILES string of the molecule is C[C@@H]1O[C@@H](Oc2cc(O)c3c(=O)c(O)c(-c4ccc(O)c(O)c4)oc3c2O)[C@H](O)[C@H](O)[C@H]1O. The van der Waals surface area contributed by atoms with E-state index in [0.29, 0.717) is 0 Å². The van der Waals surface area contributed by atoms with Crippen molar-refractivity contribution in [3.63, 3.8) is 0 Å². The van der Waals surface area contributed by atoms with E-state index in [1.54, 1.807) is 0 Å². The van der Waals surface area contributed by atoms with Gasteiger partial charge in [-0.3, -0.25) is 4.79 Å². The molecule has 0 unspecified atom stereocenters. The van der Waals surface area contributed by atoms with E-state index in [9.17, 15) is 45.6 Å². The fourth-order valence-electron chi connectivity index (χ4n) is 3.49. The molecule has 1 fully saturated rings. The molecule has 176 valence electrons. The number of aromatic hydroxyl groups is 5. The Hall–Kier alpha value is -3.71. The second-order valence-electron chi connectivity index (χ2n) is 7.56. The number of hydrogen-bond donors (Lipinski definition) is 8. The van der Waals surface area contributed by atoms with Crippen molar-refractivity contribution in [1.82, 2.24) is 0 Å². The molecule has 33 heavy (non-hydrogen) atoms. The maximum Gasteiger partial charge on any atom is 0.238 e. The summed E-state index contributed by atoms with van der Waals surface area (Å²) in [4.78, 5) is 12.7. The number of rotatable bonds is 3. The zero-order valence-electron chi connectivity index (χ0n) is 16.9. The first-order valence-corrected chi connectivity index (χ1v) is 9.64. The van der Waals surface area contributed by atoms with Crippen LogP contribution >= 0.6 is 0 Å². The fraction of sp³-hybridized carbons (Fsp3) is 0.286. The van der Waals surface area contributed by atoms with Crippen LogP contribution in [0.2, 0.25) is 0 Å². The van der Waals surface area contributed by atoms with Gasteiger partial charge in [0.2, 0.25) is 23.2 Å². The zero-order chi connectivity index (χ0) is 24.2. The van der Waals surface area contributed by atoms with Crippen LogP contribution in [0.5, 0.6) is 34.5 Å². The van der Waals surface area contributed by atoms with Gasteiger partial charge in [-0.2, -0.15) is 0 Å². The highest BCUT2D eigenvalue weighted by atomic mass is 16.7. The topological polar surface area (TPSA) is 211 Å². The highest BCUT2D eigenvalue weighted by molar-refractivity contribution is 5.93. The predicted octanol–water partition coefficient (Wildman–Crippen LogP) is 0.194. The normalized spacial score (nSPS) is 25.3. The van der Waals surface area contributed by atoms with Crippen LogP contribution in [0, 0.1) is 0 Å². The monoisotopic (exact) mass is 464 g/mol. The summed E-state index contributed by atoms with van der Waals surface area (Å²) in [5.41, 5.74) is -1.75. The average Bonchev–Trinajstić information content (AvgIpc) is 2.77. The molecule has 0 saturated carbocycles. The number of hydrogen-bond acceptors (Lipinski definition) is 12. The Morgan fingerprint density at radius 2 is 1.55 bits per heavy atom. The average molecular weight is 464 g/mol. The zero-order valence-corrected chi connectivity index (χ0v) is 16.9. The van der Waals surface area contributed by atoms with Gasteiger partial charge in [0.25, 0.3) is 0 Å². The van der Waals surface area contributed by atoms with Gasteiger partial charge < -0.3 is 54.7 Å². The quantitative estimate of drug-likeness (QED) is 0.193. The van der Waals surface area contributed by atoms with E-state index >= 15 is 0 Å². The van der Waals surface area contributed by atoms with E-state index in [0.717, 1.165) is 18.2 Å². The molecule has 1 saturated heterocycles. The van der Waals surface area contributed by atoms with Gasteiger partial charge in [0.05, 0.1) is 6.10 Å². The van der Waals surface area contributed by atoms with Crippen molar-refractivity contribution in [1.29, 1.82) is 0 Å². The molecule has 0 bridgehead atoms. The first kappa shape index (κ1) is 22.5. The molecule has 2 aromatic carbocycles. The Balaban J connectivity index is 1.84. The minimum atomic E-state index is -1.73. The molecule has 0 amide bonds. The van der Waals surface area contributed by atoms with Crippen molar-refractivity contribution in [3.8, 4) is 45.8 Å². The molecular weight excluding hydrogens is 444 g/mol. The van der Waals surface area contributed by atoms with Gasteiger partial charge in [-0.25, -0.2) is 0 Å². The summed E-state index contributed by atoms with van der Waals surface area (Å²) in [7, 11) is 0. The number of fused-ring (bicyclic) bond motifs is 1. The summed E-state index contributed by atoms with van der Waals surface area (Å²) in [5.74, 6) is -4.53. The third-order valence-corrected chi connectivity index (χ3v) is 5.35. The second kappa shape index (κ2) is 8.01. The Morgan fingerprint density at radius 3 is 2.21 bits per heavy atom. The van der Waals surface area contributed by atoms with Gasteiger partial charge in [-0.15, -0.1) is 0 Å². The number of benzene rings is 2. The summed E-state index contributed by atoms with van der Waals surface area (Å²) in [5, 5.41) is 79.7. The molecule has 0 radical (unpaired) electrons. The molecule has 0 spiro atoms. The predicted molar refractivity (Wildman–Crippen MR) is 109 cm³/mol. The minimum absolute atomic E-state index is 0.0380. The van der Waals surface area contributed by atoms with Crippen LogP contribution in [-0.2, 0) is 4.74 Å². The lowest BCUT2D eigenvalue weighted by molar-refractivity contribution is -0.268. The van der Waals surface area contributed by atoms with Crippen molar-refractivity contribution in [3.05, 3.63) is 34.5 Å². The van der Waals surface area contributed by atoms with Crippen LogP contribution in [0.1, 0.15) is 6.92 Å². The molecule has 12 nitrogen and oxygen atoms in total. The van der Waals surface area contributed by atoms with Gasteiger partial charge in [0.15, 0.2) is 28.6 Å². The van der Waals surface area contributed by atoms with Gasteiger partial charge >= 0.3 is 0 Å². The van der Waals surface area contributed by atoms with Crippen molar-refractivity contribution >= 4 is 11.0 Å². The lowest BCUT2D eigenvalue weighted by Crippen LogP contribution is -2.58. The van der Waals surface area contributed by atoms with Crippen LogP contribution in [0.3, 0.4) is 0 Å². The molecule has 12 heteroatoms. The van der Waals surface area contributed by atoms with Gasteiger partial charge in [0.1, 0.15) is 29.4 Å². The van der Waals surface area contributed by atoms with Gasteiger partial charge in [0, 0.05) is 11.6 Å². The van der Waals surface area contributed by atoms with Crippen LogP contribution in [0.15, 0.2) is 33.5 Å². The molecule has 4 rings (SSSR count). The molecule has 1 aromatic heterocycles. The van der Waals surface area contributed by atoms with E-state index in [4.69, 9.17) is 13.9 Å². The maximum absolute atomic E-state index is 12.7. The molecule has 1 aliphatic rings. The van der Waals surface area contributed by atoms with E-state index in [1.807, 2.05) is 0 Å². The molecular formula is C21H20O12. The second-order valence-corrected chi connectivity index (χ2v) is 7.56. The number of phenols is 4. The van der Waals surface area contributed by atoms with Crippen molar-refractivity contribution in [2.45, 2.75) is 37.6 Å². The van der Waals surface area contributed by atoms with E-state index in [2.05, 4.69) is 0 Å². The van der Waals surface area contributed by atoms with Crippen LogP contribution in [0.4, 0.5) is 0 Å². The van der Waals surface area contributed by atoms with Crippen molar-refractivity contribution in [2.24, 2.45) is 0 Å². The van der Waals surface area contributed by atoms with E-state index in [-0.39, 0.29) is 5.56 Å². The molecule has 3 aromatic rings. The lowest BCUT2D eigenvalue weighted by Gasteiger charge is -2.38. The van der Waals surface area contributed by atoms with E-state index < -0.39 is 87.4 Å². The molecule has 0 aliphatic carbocycles. The number of ether oxygens (including phenoxy) is 2. The highest BCUT2D eigenvalue weighted by Crippen LogP contribution is 2.44. The first-order chi connectivity index (χ1) is 15.5. The Morgan fingerprint density at radius 1 is 0.848 bits per heavy atom. The third-order valence-electron chi connectivity index (χ3n) is 5.35. The maximum atomic E-state index is 12.7. The Labute approximate surface area is 184 Å². The van der Waals surface area contributed by atoms with Gasteiger partial charge in [-0.05, 0) is 25.1 Å². The summed E-state index contributed by atoms with van der Waals surface area (Å²) in [6, 6.07) is 4.11. The van der Waals surface area contributed by atoms with Crippen LogP contribution in [0.25, 0.3) is 22.3 Å². The highest BCUT2D eigenvalue weighted by Gasteiger charge is 2.43. The summed E-state index contributed by atoms with van der Waals surface area (Å²) >= 11 is 0. The fourth-order valence-corrected chi connectivity index (χ4v) is 3.49. The van der Waals surface area contributed by atoms with Crippen molar-refractivity contribution < 1.29 is 54.7 Å². The standard InChI is InChI=1S/C21H20O12/c1-6-13(25)16(28)18(30)21(31-6)32-11-5-10(24)12-15(27)17(29)19(33-20(12)14(11)26)7-2-3-8(22)9(23)4-7/h2-6,13,16,18,21-26,28-30H,1H3/t6-,13-,16+,18+,21-/m0/s1. The molecule has 5 atom stereocenters. The molecule has 8 N–H and O–H groups in total. The number of aliphatic hydroxyl groups excluding tert-OH is 3. The van der Waals surface area contributed by atoms with Crippen LogP contribution < -0.4 is 10.2 Å². The molecule has 2 heterocycles. The van der Waals surface area contributed by atoms with Crippen LogP contribution in [-0.4, -0.2) is 71.6 Å². The first-order valence-electron chi connectivity index (χ1n) is 9.64. The lowest BCUT2D eigenvalue weighted by atomic mass is 10.00. The minimum Gasteiger partial charge on any atom is -0.507 e. The number of phenolic OH excluding ortho intramolecular Hbond substituents is 4. The molecule has 1 aliphatic heterocycles. The summed E-state index contributed by atoms with van der Waals surface area (Å²) in [6.45, 7) is 1.41. The Bertz CT molecular complexity index is 1280. The third kappa shape index (κ3) is 3.64. The van der Waals surface area contributed by atoms with Gasteiger partial charge in [-0.1, -0.05) is 0 Å². The largest absolute Gasteiger partial charge is 0.507 e.